The second kappa shape index (κ2) is 15.0. The molecular weight excluding hydrogens is 351 g/mol. The summed E-state index contributed by atoms with van der Waals surface area (Å²) >= 11 is 0. The van der Waals surface area contributed by atoms with Crippen molar-refractivity contribution in [3.05, 3.63) is 29.8 Å². The summed E-state index contributed by atoms with van der Waals surface area (Å²) < 4.78 is 40.2. The van der Waals surface area contributed by atoms with E-state index in [1.54, 1.807) is 0 Å². The van der Waals surface area contributed by atoms with Gasteiger partial charge in [0.25, 0.3) is 10.1 Å². The average Bonchev–Trinajstić information content (AvgIpc) is 2.54. The molecule has 0 atom stereocenters. The average molecular weight is 382 g/mol. The SMILES string of the molecule is CCCCCCCCc1ccc(OCCOCCS(=O)(=O)O)cc1.[H-].[Na+]. The van der Waals surface area contributed by atoms with Gasteiger partial charge in [0.2, 0.25) is 0 Å². The first kappa shape index (κ1) is 24.9. The Hall–Kier alpha value is -0.110. The Bertz CT molecular complexity index is 537. The molecule has 0 fully saturated rings. The van der Waals surface area contributed by atoms with Gasteiger partial charge >= 0.3 is 29.6 Å². The minimum absolute atomic E-state index is 0. The van der Waals surface area contributed by atoms with Crippen LogP contribution in [0.3, 0.4) is 0 Å². The molecule has 0 spiro atoms. The van der Waals surface area contributed by atoms with Crippen molar-refractivity contribution in [2.24, 2.45) is 0 Å². The van der Waals surface area contributed by atoms with E-state index >= 15 is 0 Å². The molecule has 140 valence electrons. The maximum atomic E-state index is 10.5. The molecule has 0 aromatic heterocycles. The van der Waals surface area contributed by atoms with E-state index in [-0.39, 0.29) is 50.0 Å². The molecule has 0 aliphatic heterocycles. The van der Waals surface area contributed by atoms with E-state index in [1.807, 2.05) is 12.1 Å². The Balaban J connectivity index is 0. The maximum Gasteiger partial charge on any atom is 1.00 e. The first-order valence-corrected chi connectivity index (χ1v) is 10.4. The van der Waals surface area contributed by atoms with Crippen molar-refractivity contribution in [1.29, 1.82) is 0 Å². The molecule has 7 heteroatoms. The summed E-state index contributed by atoms with van der Waals surface area (Å²) in [5.41, 5.74) is 1.32. The van der Waals surface area contributed by atoms with E-state index in [2.05, 4.69) is 19.1 Å². The summed E-state index contributed by atoms with van der Waals surface area (Å²) in [4.78, 5) is 0. The molecular formula is C18H31NaO5S. The zero-order valence-electron chi connectivity index (χ0n) is 16.6. The van der Waals surface area contributed by atoms with Crippen LogP contribution in [0.4, 0.5) is 0 Å². The fourth-order valence-corrected chi connectivity index (χ4v) is 2.68. The Labute approximate surface area is 176 Å². The summed E-state index contributed by atoms with van der Waals surface area (Å²) in [5.74, 6) is 0.389. The van der Waals surface area contributed by atoms with E-state index in [0.29, 0.717) is 6.61 Å². The van der Waals surface area contributed by atoms with Gasteiger partial charge in [-0.25, -0.2) is 0 Å². The van der Waals surface area contributed by atoms with Crippen LogP contribution in [0.25, 0.3) is 0 Å². The molecule has 0 unspecified atom stereocenters. The van der Waals surface area contributed by atoms with Gasteiger partial charge in [0.05, 0.1) is 19.0 Å². The number of hydrogen-bond acceptors (Lipinski definition) is 4. The predicted molar refractivity (Wildman–Crippen MR) is 97.4 cm³/mol. The smallest absolute Gasteiger partial charge is 1.00 e. The van der Waals surface area contributed by atoms with Crippen LogP contribution >= 0.6 is 0 Å². The number of rotatable bonds is 14. The Morgan fingerprint density at radius 3 is 2.24 bits per heavy atom. The second-order valence-electron chi connectivity index (χ2n) is 5.91. The summed E-state index contributed by atoms with van der Waals surface area (Å²) in [5, 5.41) is 0. The van der Waals surface area contributed by atoms with Gasteiger partial charge < -0.3 is 10.9 Å². The van der Waals surface area contributed by atoms with E-state index in [1.165, 1.54) is 44.1 Å². The number of benzene rings is 1. The Morgan fingerprint density at radius 1 is 0.960 bits per heavy atom. The summed E-state index contributed by atoms with van der Waals surface area (Å²) in [6.45, 7) is 2.84. The maximum absolute atomic E-state index is 10.5. The molecule has 0 heterocycles. The Morgan fingerprint density at radius 2 is 1.60 bits per heavy atom. The van der Waals surface area contributed by atoms with Gasteiger partial charge in [0.15, 0.2) is 0 Å². The monoisotopic (exact) mass is 382 g/mol. The number of unbranched alkanes of at least 4 members (excludes halogenated alkanes) is 5. The van der Waals surface area contributed by atoms with E-state index in [9.17, 15) is 8.42 Å². The summed E-state index contributed by atoms with van der Waals surface area (Å²) in [7, 11) is -3.95. The van der Waals surface area contributed by atoms with Crippen molar-refractivity contribution < 1.29 is 53.4 Å². The molecule has 1 aromatic carbocycles. The first-order valence-electron chi connectivity index (χ1n) is 8.76. The van der Waals surface area contributed by atoms with E-state index in [4.69, 9.17) is 14.0 Å². The number of hydrogen-bond donors (Lipinski definition) is 1. The number of aryl methyl sites for hydroxylation is 1. The normalized spacial score (nSPS) is 11.1. The van der Waals surface area contributed by atoms with Crippen molar-refractivity contribution in [3.8, 4) is 5.75 Å². The van der Waals surface area contributed by atoms with Gasteiger partial charge in [0.1, 0.15) is 12.4 Å². The van der Waals surface area contributed by atoms with Gasteiger partial charge in [-0.15, -0.1) is 0 Å². The molecule has 1 aromatic rings. The summed E-state index contributed by atoms with van der Waals surface area (Å²) in [6.07, 6.45) is 8.91. The van der Waals surface area contributed by atoms with Crippen molar-refractivity contribution >= 4 is 10.1 Å². The number of ether oxygens (including phenoxy) is 2. The third-order valence-electron chi connectivity index (χ3n) is 3.72. The molecule has 0 amide bonds. The summed E-state index contributed by atoms with van der Waals surface area (Å²) in [6, 6.07) is 8.07. The van der Waals surface area contributed by atoms with Crippen LogP contribution in [-0.4, -0.2) is 38.5 Å². The minimum Gasteiger partial charge on any atom is -1.00 e. The third-order valence-corrected chi connectivity index (χ3v) is 4.41. The van der Waals surface area contributed by atoms with Crippen LogP contribution in [0.15, 0.2) is 24.3 Å². The Kier molecular flexibility index (Phi) is 14.9. The standard InChI is InChI=1S/C18H30O5S.Na.H/c1-2-3-4-5-6-7-8-17-9-11-18(12-10-17)23-14-13-22-15-16-24(19,20)21;;/h9-12H,2-8,13-16H2,1H3,(H,19,20,21);;/q;+1;-1. The molecule has 0 aliphatic carbocycles. The molecule has 5 nitrogen and oxygen atoms in total. The van der Waals surface area contributed by atoms with Crippen molar-refractivity contribution in [2.75, 3.05) is 25.6 Å². The minimum atomic E-state index is -3.95. The fraction of sp³-hybridized carbons (Fsp3) is 0.667. The molecule has 1 rings (SSSR count). The first-order chi connectivity index (χ1) is 11.5. The van der Waals surface area contributed by atoms with Crippen LogP contribution in [-0.2, 0) is 21.3 Å². The van der Waals surface area contributed by atoms with Crippen LogP contribution in [0.2, 0.25) is 0 Å². The van der Waals surface area contributed by atoms with Gasteiger partial charge in [-0.2, -0.15) is 8.42 Å². The van der Waals surface area contributed by atoms with Gasteiger partial charge in [-0.05, 0) is 30.5 Å². The van der Waals surface area contributed by atoms with E-state index in [0.717, 1.165) is 12.2 Å². The largest absolute Gasteiger partial charge is 1.00 e. The fourth-order valence-electron chi connectivity index (χ4n) is 2.35. The molecule has 25 heavy (non-hydrogen) atoms. The van der Waals surface area contributed by atoms with Crippen LogP contribution in [0.1, 0.15) is 52.4 Å². The van der Waals surface area contributed by atoms with Crippen LogP contribution in [0, 0.1) is 0 Å². The molecule has 0 radical (unpaired) electrons. The van der Waals surface area contributed by atoms with Crippen LogP contribution < -0.4 is 34.3 Å². The molecule has 1 N–H and O–H groups in total. The van der Waals surface area contributed by atoms with Gasteiger partial charge in [-0.1, -0.05) is 51.2 Å². The quantitative estimate of drug-likeness (QED) is 0.295. The molecule has 0 saturated heterocycles. The van der Waals surface area contributed by atoms with Gasteiger partial charge in [0, 0.05) is 0 Å². The zero-order chi connectivity index (χ0) is 17.7. The molecule has 0 bridgehead atoms. The topological polar surface area (TPSA) is 72.8 Å². The van der Waals surface area contributed by atoms with Crippen LogP contribution in [0.5, 0.6) is 5.75 Å². The van der Waals surface area contributed by atoms with Crippen molar-refractivity contribution in [3.63, 3.8) is 0 Å². The molecule has 0 aliphatic rings. The zero-order valence-corrected chi connectivity index (χ0v) is 18.4. The van der Waals surface area contributed by atoms with Crippen molar-refractivity contribution in [2.45, 2.75) is 51.9 Å². The third kappa shape index (κ3) is 14.7. The molecule has 0 saturated carbocycles. The van der Waals surface area contributed by atoms with Gasteiger partial charge in [-0.3, -0.25) is 4.55 Å². The second-order valence-corrected chi connectivity index (χ2v) is 7.48. The van der Waals surface area contributed by atoms with E-state index < -0.39 is 10.1 Å². The van der Waals surface area contributed by atoms with Crippen molar-refractivity contribution in [1.82, 2.24) is 0 Å². The predicted octanol–water partition coefficient (Wildman–Crippen LogP) is 0.989.